The summed E-state index contributed by atoms with van der Waals surface area (Å²) in [4.78, 5) is 81.9. The van der Waals surface area contributed by atoms with Gasteiger partial charge in [0.05, 0.1) is 0 Å². The van der Waals surface area contributed by atoms with Gasteiger partial charge in [-0.3, -0.25) is 24.0 Å². The van der Waals surface area contributed by atoms with Gasteiger partial charge in [-0.05, 0) is 194 Å². The fourth-order valence-electron chi connectivity index (χ4n) is 13.8. The number of benzene rings is 8. The van der Waals surface area contributed by atoms with Crippen molar-refractivity contribution in [2.75, 3.05) is 40.5 Å². The van der Waals surface area contributed by atoms with E-state index < -0.39 is 24.4 Å². The molecule has 0 fully saturated rings. The van der Waals surface area contributed by atoms with Crippen LogP contribution >= 0.6 is 45.3 Å². The van der Waals surface area contributed by atoms with Crippen molar-refractivity contribution in [2.45, 2.75) is 24.4 Å². The maximum absolute atomic E-state index is 13.1. The van der Waals surface area contributed by atoms with Gasteiger partial charge in [-0.2, -0.15) is 38.0 Å². The van der Waals surface area contributed by atoms with Gasteiger partial charge in [-0.25, -0.2) is 17.6 Å². The van der Waals surface area contributed by atoms with E-state index in [1.165, 1.54) is 117 Å². The maximum atomic E-state index is 13.1. The first-order valence-corrected chi connectivity index (χ1v) is 43.8. The smallest absolute Gasteiger partial charge is 0.291 e. The lowest BCUT2D eigenvalue weighted by atomic mass is 10.2. The van der Waals surface area contributed by atoms with E-state index in [-0.39, 0.29) is 71.9 Å². The van der Waals surface area contributed by atoms with E-state index >= 15 is 0 Å². The number of halogens is 4. The zero-order valence-electron chi connectivity index (χ0n) is 69.0. The molecule has 1 amide bonds. The Kier molecular flexibility index (Phi) is 23.3. The van der Waals surface area contributed by atoms with Gasteiger partial charge in [0.25, 0.3) is 22.2 Å². The topological polar surface area (TPSA) is 336 Å². The highest BCUT2D eigenvalue weighted by Crippen LogP contribution is 2.40. The summed E-state index contributed by atoms with van der Waals surface area (Å²) in [5.74, 6) is 9.84. The first-order chi connectivity index (χ1) is 64.8. The zero-order valence-corrected chi connectivity index (χ0v) is 72.3. The zero-order chi connectivity index (χ0) is 90.9. The number of thiazole rings is 4. The van der Waals surface area contributed by atoms with Crippen LogP contribution in [0.15, 0.2) is 280 Å². The van der Waals surface area contributed by atoms with E-state index in [2.05, 4.69) is 40.3 Å². The van der Waals surface area contributed by atoms with Gasteiger partial charge in [-0.1, -0.05) is 93.9 Å². The molecule has 38 heteroatoms. The molecule has 0 bridgehead atoms. The number of furan rings is 4. The first-order valence-electron chi connectivity index (χ1n) is 40.6. The molecule has 30 nitrogen and oxygen atoms in total. The van der Waals surface area contributed by atoms with Crippen LogP contribution in [0.5, 0.6) is 46.0 Å². The molecule has 4 unspecified atom stereocenters. The Morgan fingerprint density at radius 1 is 0.301 bits per heavy atom. The Morgan fingerprint density at radius 2 is 0.504 bits per heavy atom. The highest BCUT2D eigenvalue weighted by molar-refractivity contribution is 7.16. The summed E-state index contributed by atoms with van der Waals surface area (Å²) >= 11 is 4.85. The van der Waals surface area contributed by atoms with E-state index in [0.29, 0.717) is 153 Å². The SMILES string of the molecule is CN(C)C=O.O=c1/c(=C/c2ccc(-c3ccc(F)cc3)o2)sc2nc(C3COc4ccccc4O3)nn12.O=c1/c(=C/c2ccc(-c3ccc(F)cc3)o2)sc2nc(C3COc4ccccc4O3)nn12.O=c1/c(=C/c2ccc(-c3ccc(F)cc3)o2)sc2nc(C3COc4ccccc4O3)nn12.O=c1/c(=C/c2ccc(-c3ccc(F)cc3)o2)sc2nc(C3COc4ccccc4O3)nn12. The lowest BCUT2D eigenvalue weighted by Crippen LogP contribution is -2.26. The summed E-state index contributed by atoms with van der Waals surface area (Å²) in [6.45, 7) is 1.06. The molecule has 0 N–H and O–H groups in total. The Morgan fingerprint density at radius 3 is 0.699 bits per heavy atom. The van der Waals surface area contributed by atoms with Gasteiger partial charge in [0, 0.05) is 60.7 Å². The normalized spacial score (nSPS) is 15.7. The molecule has 0 saturated heterocycles. The fourth-order valence-corrected chi connectivity index (χ4v) is 17.4. The van der Waals surface area contributed by atoms with Crippen LogP contribution in [0.25, 0.3) is 89.4 Å². The first kappa shape index (κ1) is 84.7. The minimum Gasteiger partial charge on any atom is -0.485 e. The predicted molar refractivity (Wildman–Crippen MR) is 481 cm³/mol. The number of ether oxygens (including phenoxy) is 8. The van der Waals surface area contributed by atoms with Gasteiger partial charge in [0.15, 0.2) is 93.7 Å². The predicted octanol–water partition coefficient (Wildman–Crippen LogP) is 14.1. The highest BCUT2D eigenvalue weighted by Gasteiger charge is 2.32. The molecule has 0 saturated carbocycles. The van der Waals surface area contributed by atoms with E-state index in [9.17, 15) is 41.5 Å². The standard InChI is InChI=1S/4C23H14FN3O4S.C3H7NO/c4*24-14-7-5-13(6-8-14)16-10-9-15(30-16)11-20-22(28)27-23(32-20)25-21(26-27)19-12-29-17-3-1-2-4-18(17)31-19;1-4(2)3-5/h4*1-11,19H,12H2;3H,1-2H3/b4*20-11-;. The van der Waals surface area contributed by atoms with Gasteiger partial charge >= 0.3 is 0 Å². The van der Waals surface area contributed by atoms with Crippen LogP contribution in [0, 0.1) is 23.3 Å². The molecule has 0 radical (unpaired) electrons. The average Bonchev–Trinajstić information content (AvgIpc) is 1.65. The van der Waals surface area contributed by atoms with Crippen LogP contribution in [0.4, 0.5) is 17.6 Å². The second kappa shape index (κ2) is 36.6. The summed E-state index contributed by atoms with van der Waals surface area (Å²) in [5.41, 5.74) is 1.82. The summed E-state index contributed by atoms with van der Waals surface area (Å²) < 4.78 is 129. The molecule has 16 heterocycles. The summed E-state index contributed by atoms with van der Waals surface area (Å²) in [6.07, 6.45) is 5.36. The van der Waals surface area contributed by atoms with E-state index in [4.69, 9.17) is 55.6 Å². The molecular weight excluding hydrogens is 1800 g/mol. The Labute approximate surface area is 760 Å². The van der Waals surface area contributed by atoms with Crippen LogP contribution in [0.1, 0.15) is 70.8 Å². The lowest BCUT2D eigenvalue weighted by Gasteiger charge is -2.24. The summed E-state index contributed by atoms with van der Waals surface area (Å²) in [7, 11) is 3.38. The summed E-state index contributed by atoms with van der Waals surface area (Å²) in [5, 5.41) is 17.4. The third-order valence-electron chi connectivity index (χ3n) is 20.3. The van der Waals surface area contributed by atoms with E-state index in [0.717, 1.165) is 28.7 Å². The van der Waals surface area contributed by atoms with Gasteiger partial charge < -0.3 is 60.5 Å². The fraction of sp³-hybridized carbons (Fsp3) is 0.105. The van der Waals surface area contributed by atoms with Crippen molar-refractivity contribution in [1.29, 1.82) is 0 Å². The number of fused-ring (bicyclic) bond motifs is 8. The van der Waals surface area contributed by atoms with Gasteiger partial charge in [0.2, 0.25) is 26.3 Å². The number of aromatic nitrogens is 12. The monoisotopic (exact) mass is 1860 g/mol. The number of hydrogen-bond acceptors (Lipinski definition) is 29. The third-order valence-corrected chi connectivity index (χ3v) is 24.1. The van der Waals surface area contributed by atoms with Crippen molar-refractivity contribution in [3.63, 3.8) is 0 Å². The van der Waals surface area contributed by atoms with Gasteiger partial charge in [0.1, 0.15) is 114 Å². The van der Waals surface area contributed by atoms with Crippen molar-refractivity contribution < 1.29 is 77.9 Å². The molecule has 4 aliphatic heterocycles. The largest absolute Gasteiger partial charge is 0.485 e. The van der Waals surface area contributed by atoms with Gasteiger partial charge in [-0.15, -0.1) is 20.4 Å². The molecule has 4 aliphatic rings. The van der Waals surface area contributed by atoms with Crippen LogP contribution in [0.3, 0.4) is 0 Å². The number of carbonyl (C=O) groups is 1. The molecular formula is C95H63F4N13O17S4. The highest BCUT2D eigenvalue weighted by atomic mass is 32.1. The van der Waals surface area contributed by atoms with Crippen LogP contribution in [-0.4, -0.2) is 110 Å². The van der Waals surface area contributed by atoms with Crippen LogP contribution < -0.4 is 78.3 Å². The molecule has 4 atom stereocenters. The molecule has 12 aromatic heterocycles. The Hall–Kier alpha value is -16.5. The Balaban J connectivity index is 0.000000108. The minimum atomic E-state index is -0.493. The van der Waals surface area contributed by atoms with Crippen molar-refractivity contribution in [3.05, 3.63) is 372 Å². The summed E-state index contributed by atoms with van der Waals surface area (Å²) in [6, 6.07) is 67.7. The lowest BCUT2D eigenvalue weighted by molar-refractivity contribution is -0.115. The molecule has 8 aromatic carbocycles. The second-order valence-electron chi connectivity index (χ2n) is 29.7. The number of rotatable bonds is 13. The minimum absolute atomic E-state index is 0.264. The number of carbonyl (C=O) groups excluding carboxylic acids is 1. The number of para-hydroxylation sites is 8. The molecule has 24 rings (SSSR count). The van der Waals surface area contributed by atoms with Crippen molar-refractivity contribution in [2.24, 2.45) is 0 Å². The third kappa shape index (κ3) is 18.3. The number of amides is 1. The molecule has 20 aromatic rings. The molecule has 662 valence electrons. The average molecular weight is 1860 g/mol. The van der Waals surface area contributed by atoms with E-state index in [1.807, 2.05) is 97.1 Å². The molecule has 0 spiro atoms. The van der Waals surface area contributed by atoms with Crippen molar-refractivity contribution in [3.8, 4) is 91.3 Å². The Bertz CT molecular complexity index is 7290. The van der Waals surface area contributed by atoms with Crippen molar-refractivity contribution >= 4 is 95.9 Å². The molecule has 0 aliphatic carbocycles. The quantitative estimate of drug-likeness (QED) is 0.0764. The van der Waals surface area contributed by atoms with Crippen molar-refractivity contribution in [1.82, 2.24) is 63.3 Å². The second-order valence-corrected chi connectivity index (χ2v) is 33.7. The van der Waals surface area contributed by atoms with Crippen LogP contribution in [-0.2, 0) is 4.79 Å². The molecule has 133 heavy (non-hydrogen) atoms. The van der Waals surface area contributed by atoms with E-state index in [1.54, 1.807) is 135 Å². The van der Waals surface area contributed by atoms with Crippen LogP contribution in [0.2, 0.25) is 0 Å². The number of hydrogen-bond donors (Lipinski definition) is 0. The number of nitrogens with zero attached hydrogens (tertiary/aromatic N) is 13. The maximum Gasteiger partial charge on any atom is 0.291 e.